The highest BCUT2D eigenvalue weighted by Gasteiger charge is 2.20. The van der Waals surface area contributed by atoms with E-state index in [0.29, 0.717) is 6.61 Å². The van der Waals surface area contributed by atoms with E-state index in [-0.39, 0.29) is 11.8 Å². The van der Waals surface area contributed by atoms with Crippen LogP contribution in [0, 0.1) is 0 Å². The molecule has 1 aliphatic rings. The first kappa shape index (κ1) is 12.2. The molecule has 1 fully saturated rings. The summed E-state index contributed by atoms with van der Waals surface area (Å²) in [6, 6.07) is 3.75. The van der Waals surface area contributed by atoms with Crippen molar-refractivity contribution in [2.75, 3.05) is 26.9 Å². The maximum absolute atomic E-state index is 10.0. The number of phenols is 1. The fraction of sp³-hybridized carbons (Fsp3) is 0.538. The number of aryl methyl sites for hydroxylation is 1. The van der Waals surface area contributed by atoms with E-state index in [2.05, 4.69) is 12.2 Å². The minimum Gasteiger partial charge on any atom is -0.507 e. The molecule has 0 spiro atoms. The van der Waals surface area contributed by atoms with E-state index in [1.807, 2.05) is 6.07 Å². The molecule has 1 saturated heterocycles. The summed E-state index contributed by atoms with van der Waals surface area (Å²) in [5.41, 5.74) is 2.00. The molecule has 2 N–H and O–H groups in total. The van der Waals surface area contributed by atoms with Crippen LogP contribution in [-0.2, 0) is 11.2 Å². The van der Waals surface area contributed by atoms with Gasteiger partial charge in [0, 0.05) is 18.2 Å². The van der Waals surface area contributed by atoms with E-state index in [1.165, 1.54) is 0 Å². The molecule has 94 valence electrons. The lowest BCUT2D eigenvalue weighted by Crippen LogP contribution is -2.34. The fourth-order valence-corrected chi connectivity index (χ4v) is 2.14. The van der Waals surface area contributed by atoms with Crippen molar-refractivity contribution in [3.05, 3.63) is 23.3 Å². The molecule has 0 saturated carbocycles. The van der Waals surface area contributed by atoms with Gasteiger partial charge in [-0.25, -0.2) is 0 Å². The third-order valence-electron chi connectivity index (χ3n) is 3.11. The second kappa shape index (κ2) is 5.38. The van der Waals surface area contributed by atoms with Gasteiger partial charge in [0.2, 0.25) is 0 Å². The van der Waals surface area contributed by atoms with Gasteiger partial charge in [0.1, 0.15) is 11.5 Å². The third-order valence-corrected chi connectivity index (χ3v) is 3.11. The van der Waals surface area contributed by atoms with Crippen molar-refractivity contribution in [3.63, 3.8) is 0 Å². The Hall–Kier alpha value is -1.26. The highest BCUT2D eigenvalue weighted by atomic mass is 16.5. The molecule has 1 aromatic carbocycles. The zero-order valence-corrected chi connectivity index (χ0v) is 10.3. The molecular formula is C13H19NO3. The zero-order chi connectivity index (χ0) is 12.3. The smallest absolute Gasteiger partial charge is 0.125 e. The van der Waals surface area contributed by atoms with Gasteiger partial charge >= 0.3 is 0 Å². The minimum atomic E-state index is 0.0694. The third kappa shape index (κ3) is 2.53. The Labute approximate surface area is 102 Å². The molecule has 4 nitrogen and oxygen atoms in total. The predicted octanol–water partition coefficient (Wildman–Crippen LogP) is 1.62. The maximum Gasteiger partial charge on any atom is 0.125 e. The number of phenolic OH excluding ortho intramolecular Hbond substituents is 1. The van der Waals surface area contributed by atoms with Gasteiger partial charge < -0.3 is 19.9 Å². The number of aromatic hydroxyl groups is 1. The lowest BCUT2D eigenvalue weighted by molar-refractivity contribution is 0.0760. The number of nitrogens with one attached hydrogen (secondary N) is 1. The molecule has 2 rings (SSSR count). The minimum absolute atomic E-state index is 0.0694. The molecule has 0 aromatic heterocycles. The monoisotopic (exact) mass is 237 g/mol. The van der Waals surface area contributed by atoms with Crippen molar-refractivity contribution in [3.8, 4) is 11.5 Å². The molecule has 4 heteroatoms. The Morgan fingerprint density at radius 2 is 2.35 bits per heavy atom. The first-order valence-electron chi connectivity index (χ1n) is 5.97. The van der Waals surface area contributed by atoms with Crippen LogP contribution in [0.25, 0.3) is 0 Å². The quantitative estimate of drug-likeness (QED) is 0.839. The first-order valence-corrected chi connectivity index (χ1v) is 5.97. The molecule has 1 unspecified atom stereocenters. The Morgan fingerprint density at radius 3 is 2.94 bits per heavy atom. The SMILES string of the molecule is CCc1cc(C2COCCN2)c(O)cc1OC. The average Bonchev–Trinajstić information content (AvgIpc) is 2.39. The van der Waals surface area contributed by atoms with Crippen molar-refractivity contribution < 1.29 is 14.6 Å². The van der Waals surface area contributed by atoms with Gasteiger partial charge in [-0.05, 0) is 18.1 Å². The Morgan fingerprint density at radius 1 is 1.53 bits per heavy atom. The number of benzene rings is 1. The van der Waals surface area contributed by atoms with E-state index in [9.17, 15) is 5.11 Å². The van der Waals surface area contributed by atoms with Gasteiger partial charge in [0.05, 0.1) is 26.4 Å². The van der Waals surface area contributed by atoms with Crippen LogP contribution in [0.5, 0.6) is 11.5 Å². The normalized spacial score (nSPS) is 20.2. The molecule has 1 heterocycles. The average molecular weight is 237 g/mol. The number of rotatable bonds is 3. The zero-order valence-electron chi connectivity index (χ0n) is 10.3. The van der Waals surface area contributed by atoms with Crippen LogP contribution in [0.2, 0.25) is 0 Å². The molecule has 0 aliphatic carbocycles. The molecular weight excluding hydrogens is 218 g/mol. The molecule has 17 heavy (non-hydrogen) atoms. The number of methoxy groups -OCH3 is 1. The summed E-state index contributed by atoms with van der Waals surface area (Å²) in [5.74, 6) is 1.01. The van der Waals surface area contributed by atoms with Gasteiger partial charge in [-0.2, -0.15) is 0 Å². The van der Waals surface area contributed by atoms with Gasteiger partial charge in [-0.1, -0.05) is 6.92 Å². The standard InChI is InChI=1S/C13H19NO3/c1-3-9-6-10(11-8-17-5-4-14-11)12(15)7-13(9)16-2/h6-7,11,14-15H,3-5,8H2,1-2H3. The predicted molar refractivity (Wildman–Crippen MR) is 65.6 cm³/mol. The molecule has 0 radical (unpaired) electrons. The van der Waals surface area contributed by atoms with Crippen LogP contribution in [0.15, 0.2) is 12.1 Å². The highest BCUT2D eigenvalue weighted by molar-refractivity contribution is 5.47. The summed E-state index contributed by atoms with van der Waals surface area (Å²) >= 11 is 0. The Bertz CT molecular complexity index is 386. The second-order valence-electron chi connectivity index (χ2n) is 4.16. The van der Waals surface area contributed by atoms with Crippen LogP contribution in [0.3, 0.4) is 0 Å². The maximum atomic E-state index is 10.0. The molecule has 1 atom stereocenters. The first-order chi connectivity index (χ1) is 8.26. The summed E-state index contributed by atoms with van der Waals surface area (Å²) in [4.78, 5) is 0. The molecule has 0 bridgehead atoms. The molecule has 0 amide bonds. The van der Waals surface area contributed by atoms with Crippen molar-refractivity contribution >= 4 is 0 Å². The number of hydrogen-bond donors (Lipinski definition) is 2. The van der Waals surface area contributed by atoms with E-state index in [0.717, 1.165) is 36.4 Å². The number of hydrogen-bond acceptors (Lipinski definition) is 4. The number of ether oxygens (including phenoxy) is 2. The van der Waals surface area contributed by atoms with Crippen LogP contribution >= 0.6 is 0 Å². The lowest BCUT2D eigenvalue weighted by Gasteiger charge is -2.25. The van der Waals surface area contributed by atoms with Crippen molar-refractivity contribution in [2.24, 2.45) is 0 Å². The van der Waals surface area contributed by atoms with Crippen LogP contribution in [0.4, 0.5) is 0 Å². The summed E-state index contributed by atoms with van der Waals surface area (Å²) in [7, 11) is 1.62. The van der Waals surface area contributed by atoms with Crippen LogP contribution in [0.1, 0.15) is 24.1 Å². The Balaban J connectivity index is 2.32. The topological polar surface area (TPSA) is 50.7 Å². The van der Waals surface area contributed by atoms with E-state index in [1.54, 1.807) is 13.2 Å². The summed E-state index contributed by atoms with van der Waals surface area (Å²) in [6.45, 7) is 4.22. The molecule has 1 aromatic rings. The summed E-state index contributed by atoms with van der Waals surface area (Å²) < 4.78 is 10.7. The largest absolute Gasteiger partial charge is 0.507 e. The lowest BCUT2D eigenvalue weighted by atomic mass is 10.0. The Kier molecular flexibility index (Phi) is 3.86. The van der Waals surface area contributed by atoms with Gasteiger partial charge in [0.15, 0.2) is 0 Å². The fourth-order valence-electron chi connectivity index (χ4n) is 2.14. The van der Waals surface area contributed by atoms with Gasteiger partial charge in [-0.15, -0.1) is 0 Å². The number of morpholine rings is 1. The van der Waals surface area contributed by atoms with Crippen LogP contribution in [-0.4, -0.2) is 32.0 Å². The van der Waals surface area contributed by atoms with Gasteiger partial charge in [0.25, 0.3) is 0 Å². The van der Waals surface area contributed by atoms with E-state index in [4.69, 9.17) is 9.47 Å². The van der Waals surface area contributed by atoms with Gasteiger partial charge in [-0.3, -0.25) is 0 Å². The summed E-state index contributed by atoms with van der Waals surface area (Å²) in [5, 5.41) is 13.4. The van der Waals surface area contributed by atoms with E-state index >= 15 is 0 Å². The van der Waals surface area contributed by atoms with Crippen molar-refractivity contribution in [2.45, 2.75) is 19.4 Å². The van der Waals surface area contributed by atoms with E-state index < -0.39 is 0 Å². The molecule has 1 aliphatic heterocycles. The highest BCUT2D eigenvalue weighted by Crippen LogP contribution is 2.33. The van der Waals surface area contributed by atoms with Crippen molar-refractivity contribution in [1.82, 2.24) is 5.32 Å². The van der Waals surface area contributed by atoms with Crippen molar-refractivity contribution in [1.29, 1.82) is 0 Å². The second-order valence-corrected chi connectivity index (χ2v) is 4.16. The summed E-state index contributed by atoms with van der Waals surface area (Å²) in [6.07, 6.45) is 0.879. The van der Waals surface area contributed by atoms with Crippen LogP contribution < -0.4 is 10.1 Å².